The maximum atomic E-state index is 12.1. The summed E-state index contributed by atoms with van der Waals surface area (Å²) in [5.74, 6) is 0.448. The van der Waals surface area contributed by atoms with Crippen LogP contribution in [0.4, 0.5) is 13.2 Å². The van der Waals surface area contributed by atoms with Gasteiger partial charge in [0, 0.05) is 11.4 Å². The Hall–Kier alpha value is -0.550. The standard InChI is InChI=1S/C13H18F3NS/c1-8-4-12(2,3)11-10(8)9(6-18-11)5-17-7-13(14,15)16/h6,8,17H,4-5,7H2,1-3H3. The summed E-state index contributed by atoms with van der Waals surface area (Å²) in [5.41, 5.74) is 2.49. The lowest BCUT2D eigenvalue weighted by molar-refractivity contribution is -0.125. The zero-order chi connectivity index (χ0) is 13.6. The van der Waals surface area contributed by atoms with E-state index in [1.165, 1.54) is 10.4 Å². The quantitative estimate of drug-likeness (QED) is 0.873. The van der Waals surface area contributed by atoms with Gasteiger partial charge in [-0.15, -0.1) is 11.3 Å². The summed E-state index contributed by atoms with van der Waals surface area (Å²) < 4.78 is 36.3. The van der Waals surface area contributed by atoms with Gasteiger partial charge in [-0.3, -0.25) is 0 Å². The van der Waals surface area contributed by atoms with Crippen molar-refractivity contribution in [1.82, 2.24) is 5.32 Å². The summed E-state index contributed by atoms with van der Waals surface area (Å²) in [5, 5.41) is 4.49. The zero-order valence-electron chi connectivity index (χ0n) is 10.8. The van der Waals surface area contributed by atoms with Crippen LogP contribution in [0.2, 0.25) is 0 Å². The van der Waals surface area contributed by atoms with Gasteiger partial charge in [0.05, 0.1) is 6.54 Å². The molecule has 2 rings (SSSR count). The van der Waals surface area contributed by atoms with Crippen LogP contribution in [0.15, 0.2) is 5.38 Å². The minimum absolute atomic E-state index is 0.168. The molecule has 1 aromatic heterocycles. The van der Waals surface area contributed by atoms with Gasteiger partial charge >= 0.3 is 6.18 Å². The topological polar surface area (TPSA) is 12.0 Å². The Morgan fingerprint density at radius 1 is 1.44 bits per heavy atom. The average Bonchev–Trinajstić information content (AvgIpc) is 2.67. The number of rotatable bonds is 3. The highest BCUT2D eigenvalue weighted by molar-refractivity contribution is 7.10. The van der Waals surface area contributed by atoms with Gasteiger partial charge < -0.3 is 5.32 Å². The Labute approximate surface area is 109 Å². The van der Waals surface area contributed by atoms with Gasteiger partial charge in [-0.05, 0) is 34.3 Å². The number of thiophene rings is 1. The number of fused-ring (bicyclic) bond motifs is 1. The van der Waals surface area contributed by atoms with Crippen molar-refractivity contribution in [3.05, 3.63) is 21.4 Å². The molecule has 0 aliphatic heterocycles. The molecule has 1 unspecified atom stereocenters. The molecule has 0 saturated heterocycles. The minimum Gasteiger partial charge on any atom is -0.305 e. The Kier molecular flexibility index (Phi) is 3.49. The molecular weight excluding hydrogens is 259 g/mol. The van der Waals surface area contributed by atoms with Crippen molar-refractivity contribution in [2.24, 2.45) is 0 Å². The first kappa shape index (κ1) is 13.9. The van der Waals surface area contributed by atoms with Crippen LogP contribution in [0, 0.1) is 0 Å². The summed E-state index contributed by atoms with van der Waals surface area (Å²) in [4.78, 5) is 1.35. The largest absolute Gasteiger partial charge is 0.401 e. The molecule has 0 radical (unpaired) electrons. The molecule has 0 amide bonds. The van der Waals surface area contributed by atoms with E-state index in [-0.39, 0.29) is 5.41 Å². The molecule has 18 heavy (non-hydrogen) atoms. The van der Waals surface area contributed by atoms with E-state index in [1.54, 1.807) is 11.3 Å². The Morgan fingerprint density at radius 2 is 2.11 bits per heavy atom. The van der Waals surface area contributed by atoms with Gasteiger partial charge in [-0.2, -0.15) is 13.2 Å². The number of alkyl halides is 3. The third-order valence-electron chi connectivity index (χ3n) is 3.47. The summed E-state index contributed by atoms with van der Waals surface area (Å²) >= 11 is 1.69. The fourth-order valence-corrected chi connectivity index (χ4v) is 4.24. The van der Waals surface area contributed by atoms with Crippen LogP contribution in [0.1, 0.15) is 49.1 Å². The molecule has 1 aliphatic carbocycles. The third kappa shape index (κ3) is 2.72. The Balaban J connectivity index is 2.09. The van der Waals surface area contributed by atoms with Gasteiger partial charge in [0.1, 0.15) is 0 Å². The van der Waals surface area contributed by atoms with Crippen LogP contribution >= 0.6 is 11.3 Å². The van der Waals surface area contributed by atoms with Crippen LogP contribution in [-0.4, -0.2) is 12.7 Å². The SMILES string of the molecule is CC1CC(C)(C)c2scc(CNCC(F)(F)F)c21. The molecule has 5 heteroatoms. The van der Waals surface area contributed by atoms with E-state index in [1.807, 2.05) is 5.38 Å². The number of hydrogen-bond acceptors (Lipinski definition) is 2. The number of hydrogen-bond donors (Lipinski definition) is 1. The highest BCUT2D eigenvalue weighted by Gasteiger charge is 2.37. The second-order valence-corrected chi connectivity index (χ2v) is 6.59. The van der Waals surface area contributed by atoms with E-state index in [0.29, 0.717) is 12.5 Å². The van der Waals surface area contributed by atoms with E-state index in [9.17, 15) is 13.2 Å². The van der Waals surface area contributed by atoms with Gasteiger partial charge in [-0.25, -0.2) is 0 Å². The maximum Gasteiger partial charge on any atom is 0.401 e. The lowest BCUT2D eigenvalue weighted by Crippen LogP contribution is -2.28. The molecular formula is C13H18F3NS. The molecule has 1 N–H and O–H groups in total. The van der Waals surface area contributed by atoms with E-state index in [2.05, 4.69) is 26.1 Å². The Bertz CT molecular complexity index is 434. The molecule has 0 saturated carbocycles. The highest BCUT2D eigenvalue weighted by Crippen LogP contribution is 2.50. The van der Waals surface area contributed by atoms with E-state index in [0.717, 1.165) is 12.0 Å². The third-order valence-corrected chi connectivity index (χ3v) is 4.89. The monoisotopic (exact) mass is 277 g/mol. The van der Waals surface area contributed by atoms with Crippen molar-refractivity contribution >= 4 is 11.3 Å². The second kappa shape index (κ2) is 4.53. The lowest BCUT2D eigenvalue weighted by Gasteiger charge is -2.16. The predicted octanol–water partition coefficient (Wildman–Crippen LogP) is 4.18. The Morgan fingerprint density at radius 3 is 2.72 bits per heavy atom. The fourth-order valence-electron chi connectivity index (χ4n) is 2.90. The van der Waals surface area contributed by atoms with E-state index in [4.69, 9.17) is 0 Å². The van der Waals surface area contributed by atoms with Crippen LogP contribution in [0.3, 0.4) is 0 Å². The molecule has 1 nitrogen and oxygen atoms in total. The number of halogens is 3. The summed E-state index contributed by atoms with van der Waals surface area (Å²) in [6.45, 7) is 5.96. The van der Waals surface area contributed by atoms with Gasteiger partial charge in [-0.1, -0.05) is 20.8 Å². The van der Waals surface area contributed by atoms with Gasteiger partial charge in [0.15, 0.2) is 0 Å². The molecule has 102 valence electrons. The molecule has 1 aliphatic rings. The van der Waals surface area contributed by atoms with Gasteiger partial charge in [0.2, 0.25) is 0 Å². The van der Waals surface area contributed by atoms with Crippen molar-refractivity contribution < 1.29 is 13.2 Å². The lowest BCUT2D eigenvalue weighted by atomic mass is 9.91. The minimum atomic E-state index is -4.13. The molecule has 1 atom stereocenters. The zero-order valence-corrected chi connectivity index (χ0v) is 11.6. The van der Waals surface area contributed by atoms with Crippen molar-refractivity contribution in [3.63, 3.8) is 0 Å². The predicted molar refractivity (Wildman–Crippen MR) is 68.1 cm³/mol. The molecule has 1 aromatic rings. The van der Waals surface area contributed by atoms with Crippen molar-refractivity contribution in [2.45, 2.75) is 51.2 Å². The first-order valence-electron chi connectivity index (χ1n) is 6.09. The fraction of sp³-hybridized carbons (Fsp3) is 0.692. The van der Waals surface area contributed by atoms with Crippen LogP contribution in [0.5, 0.6) is 0 Å². The summed E-state index contributed by atoms with van der Waals surface area (Å²) in [6.07, 6.45) is -3.05. The molecule has 1 heterocycles. The maximum absolute atomic E-state index is 12.1. The first-order valence-corrected chi connectivity index (χ1v) is 6.97. The van der Waals surface area contributed by atoms with Crippen molar-refractivity contribution in [3.8, 4) is 0 Å². The number of nitrogens with one attached hydrogen (secondary N) is 1. The van der Waals surface area contributed by atoms with Crippen LogP contribution in [-0.2, 0) is 12.0 Å². The van der Waals surface area contributed by atoms with Crippen molar-refractivity contribution in [1.29, 1.82) is 0 Å². The van der Waals surface area contributed by atoms with Crippen LogP contribution < -0.4 is 5.32 Å². The summed E-state index contributed by atoms with van der Waals surface area (Å²) in [7, 11) is 0. The molecule has 0 aromatic carbocycles. The smallest absolute Gasteiger partial charge is 0.305 e. The molecule has 0 fully saturated rings. The van der Waals surface area contributed by atoms with Crippen molar-refractivity contribution in [2.75, 3.05) is 6.54 Å². The molecule has 0 bridgehead atoms. The van der Waals surface area contributed by atoms with E-state index >= 15 is 0 Å². The first-order chi connectivity index (χ1) is 8.21. The second-order valence-electron chi connectivity index (χ2n) is 5.71. The average molecular weight is 277 g/mol. The molecule has 0 spiro atoms. The highest BCUT2D eigenvalue weighted by atomic mass is 32.1. The van der Waals surface area contributed by atoms with Gasteiger partial charge in [0.25, 0.3) is 0 Å². The van der Waals surface area contributed by atoms with Crippen LogP contribution in [0.25, 0.3) is 0 Å². The summed E-state index contributed by atoms with van der Waals surface area (Å²) in [6, 6.07) is 0. The normalized spacial score (nSPS) is 22.2. The van der Waals surface area contributed by atoms with E-state index < -0.39 is 12.7 Å².